The van der Waals surface area contributed by atoms with Crippen LogP contribution >= 0.6 is 22.6 Å². The third-order valence-corrected chi connectivity index (χ3v) is 10.7. The van der Waals surface area contributed by atoms with Crippen LogP contribution in [0.15, 0.2) is 18.2 Å². The van der Waals surface area contributed by atoms with Crippen LogP contribution in [0, 0.1) is 32.7 Å². The Balaban J connectivity index is 1.29. The number of para-hydroxylation sites is 1. The van der Waals surface area contributed by atoms with E-state index in [1.165, 1.54) is 11.5 Å². The molecule has 0 radical (unpaired) electrons. The number of rotatable bonds is 9. The number of ether oxygens (including phenoxy) is 2. The zero-order chi connectivity index (χ0) is 27.9. The molecule has 1 amide bonds. The number of carbonyl (C=O) groups excluding carboxylic acids is 1. The van der Waals surface area contributed by atoms with Crippen molar-refractivity contribution in [1.82, 2.24) is 15.3 Å². The Hall–Kier alpha value is -1.02. The smallest absolute Gasteiger partial charge is 0.240 e. The van der Waals surface area contributed by atoms with Gasteiger partial charge in [0, 0.05) is 31.2 Å². The summed E-state index contributed by atoms with van der Waals surface area (Å²) in [6, 6.07) is 5.18. The molecule has 5 fully saturated rings. The lowest BCUT2D eigenvalue weighted by Gasteiger charge is -2.62. The highest BCUT2D eigenvalue weighted by atomic mass is 127. The van der Waals surface area contributed by atoms with Crippen LogP contribution in [0.1, 0.15) is 46.1 Å². The van der Waals surface area contributed by atoms with E-state index in [9.17, 15) is 15.0 Å². The summed E-state index contributed by atoms with van der Waals surface area (Å²) in [6.45, 7) is 13.4. The summed E-state index contributed by atoms with van der Waals surface area (Å²) in [5, 5.41) is 26.1. The molecule has 3 aliphatic carbocycles. The van der Waals surface area contributed by atoms with Crippen LogP contribution in [0.2, 0.25) is 0 Å². The lowest BCUT2D eigenvalue weighted by atomic mass is 9.45. The van der Waals surface area contributed by atoms with Crippen LogP contribution in [0.4, 0.5) is 0 Å². The number of halogens is 1. The van der Waals surface area contributed by atoms with Crippen molar-refractivity contribution in [3.05, 3.63) is 27.3 Å². The van der Waals surface area contributed by atoms with E-state index in [1.807, 2.05) is 18.2 Å². The molecule has 2 heterocycles. The normalized spacial score (nSPS) is 35.3. The number of hydrogen-bond donors (Lipinski definition) is 3. The maximum absolute atomic E-state index is 13.8. The first-order valence-corrected chi connectivity index (χ1v) is 15.5. The molecule has 8 atom stereocenters. The maximum Gasteiger partial charge on any atom is 0.240 e. The van der Waals surface area contributed by atoms with Gasteiger partial charge in [-0.2, -0.15) is 5.06 Å². The van der Waals surface area contributed by atoms with Gasteiger partial charge in [0.05, 0.1) is 35.4 Å². The molecule has 1 aromatic rings. The number of aliphatic hydroxyl groups is 2. The van der Waals surface area contributed by atoms with Gasteiger partial charge in [-0.05, 0) is 71.6 Å². The Morgan fingerprint density at radius 3 is 2.69 bits per heavy atom. The monoisotopic (exact) mass is 657 g/mol. The minimum atomic E-state index is -1.27. The number of fused-ring (bicyclic) bond motifs is 2. The second kappa shape index (κ2) is 12.1. The highest BCUT2D eigenvalue weighted by Gasteiger charge is 2.57. The third-order valence-electron chi connectivity index (χ3n) is 9.89. The minimum absolute atomic E-state index is 0.0836. The molecule has 3 saturated carbocycles. The molecule has 1 aromatic carbocycles. The number of hydrogen-bond acceptors (Lipinski definition) is 8. The van der Waals surface area contributed by atoms with Gasteiger partial charge in [-0.25, -0.2) is 0 Å². The lowest BCUT2D eigenvalue weighted by molar-refractivity contribution is -0.231. The molecule has 5 aliphatic rings. The van der Waals surface area contributed by atoms with Crippen LogP contribution < -0.4 is 10.1 Å². The zero-order valence-corrected chi connectivity index (χ0v) is 25.7. The van der Waals surface area contributed by atoms with Crippen molar-refractivity contribution in [2.24, 2.45) is 29.1 Å². The van der Waals surface area contributed by atoms with Crippen LogP contribution in [0.5, 0.6) is 5.75 Å². The fraction of sp³-hybridized carbons (Fsp3) is 0.759. The maximum atomic E-state index is 13.8. The summed E-state index contributed by atoms with van der Waals surface area (Å²) in [6.07, 6.45) is 0.00125. The van der Waals surface area contributed by atoms with Crippen LogP contribution in [-0.2, 0) is 20.9 Å². The molecule has 218 valence electrons. The summed E-state index contributed by atoms with van der Waals surface area (Å²) in [7, 11) is 0. The Morgan fingerprint density at radius 1 is 1.28 bits per heavy atom. The highest BCUT2D eigenvalue weighted by molar-refractivity contribution is 14.1. The van der Waals surface area contributed by atoms with Crippen LogP contribution in [0.3, 0.4) is 0 Å². The van der Waals surface area contributed by atoms with E-state index in [0.717, 1.165) is 54.2 Å². The molecule has 6 rings (SSSR count). The molecule has 2 unspecified atom stereocenters. The molecule has 2 saturated heterocycles. The summed E-state index contributed by atoms with van der Waals surface area (Å²) in [4.78, 5) is 22.0. The second-order valence-corrected chi connectivity index (χ2v) is 13.6. The van der Waals surface area contributed by atoms with Gasteiger partial charge in [0.1, 0.15) is 18.4 Å². The van der Waals surface area contributed by atoms with Crippen LogP contribution in [0.25, 0.3) is 0 Å². The number of benzene rings is 1. The molecule has 39 heavy (non-hydrogen) atoms. The Bertz CT molecular complexity index is 1020. The van der Waals surface area contributed by atoms with Crippen molar-refractivity contribution in [2.75, 3.05) is 39.5 Å². The Labute approximate surface area is 245 Å². The van der Waals surface area contributed by atoms with Crippen molar-refractivity contribution in [3.63, 3.8) is 0 Å². The van der Waals surface area contributed by atoms with E-state index in [2.05, 4.69) is 53.6 Å². The second-order valence-electron chi connectivity index (χ2n) is 12.4. The number of morpholine rings is 1. The Kier molecular flexibility index (Phi) is 9.12. The molecular formula is C29H44IN3O6. The van der Waals surface area contributed by atoms with E-state index in [0.29, 0.717) is 29.8 Å². The number of hydroxylamine groups is 2. The predicted molar refractivity (Wildman–Crippen MR) is 155 cm³/mol. The number of aliphatic hydroxyl groups excluding tert-OH is 2. The van der Waals surface area contributed by atoms with Gasteiger partial charge in [-0.3, -0.25) is 14.5 Å². The SMILES string of the molecule is CC1[C@@H](NC(=O)[C@@H]2[C@H]([C@H](C)O)C(O)ON2Cc2cccc(I)c2OCCN2CCOCC2)C[C@H]2C[C@@H]1C2(C)C. The number of nitrogens with one attached hydrogen (secondary N) is 1. The van der Waals surface area contributed by atoms with Crippen molar-refractivity contribution >= 4 is 28.5 Å². The molecule has 2 aliphatic heterocycles. The van der Waals surface area contributed by atoms with Gasteiger partial charge in [0.25, 0.3) is 0 Å². The molecular weight excluding hydrogens is 613 g/mol. The summed E-state index contributed by atoms with van der Waals surface area (Å²) < 4.78 is 12.7. The van der Waals surface area contributed by atoms with E-state index in [4.69, 9.17) is 14.3 Å². The first-order valence-electron chi connectivity index (χ1n) is 14.4. The van der Waals surface area contributed by atoms with E-state index in [-0.39, 0.29) is 18.5 Å². The molecule has 9 nitrogen and oxygen atoms in total. The van der Waals surface area contributed by atoms with Gasteiger partial charge in [0.15, 0.2) is 6.29 Å². The lowest BCUT2D eigenvalue weighted by Crippen LogP contribution is -2.62. The van der Waals surface area contributed by atoms with Gasteiger partial charge in [-0.15, -0.1) is 0 Å². The van der Waals surface area contributed by atoms with Gasteiger partial charge in [0.2, 0.25) is 5.91 Å². The van der Waals surface area contributed by atoms with Crippen molar-refractivity contribution in [1.29, 1.82) is 0 Å². The molecule has 0 spiro atoms. The minimum Gasteiger partial charge on any atom is -0.491 e. The standard InChI is InChI=1S/C29H44IN3O6/c1-17-21-14-20(29(21,3)4)15-23(17)31-27(35)25-24(18(2)34)28(36)39-33(25)16-19-6-5-7-22(30)26(19)38-13-10-32-8-11-37-12-9-32/h5-7,17-18,20-21,23-25,28,34,36H,8-16H2,1-4H3,(H,31,35)/t17?,18-,20+,21-,23-,24-,25-,28?/m0/s1. The number of carbonyl (C=O) groups is 1. The van der Waals surface area contributed by atoms with Gasteiger partial charge < -0.3 is 25.0 Å². The number of amides is 1. The summed E-state index contributed by atoms with van der Waals surface area (Å²) in [5.74, 6) is 1.38. The van der Waals surface area contributed by atoms with Crippen LogP contribution in [-0.4, -0.2) is 90.0 Å². The molecule has 0 aromatic heterocycles. The van der Waals surface area contributed by atoms with Gasteiger partial charge >= 0.3 is 0 Å². The summed E-state index contributed by atoms with van der Waals surface area (Å²) >= 11 is 2.27. The largest absolute Gasteiger partial charge is 0.491 e. The molecule has 3 N–H and O–H groups in total. The number of nitrogens with zero attached hydrogens (tertiary/aromatic N) is 2. The average molecular weight is 658 g/mol. The fourth-order valence-electron chi connectivity index (χ4n) is 7.28. The first kappa shape index (κ1) is 29.5. The topological polar surface area (TPSA) is 104 Å². The summed E-state index contributed by atoms with van der Waals surface area (Å²) in [5.41, 5.74) is 1.19. The molecule has 10 heteroatoms. The van der Waals surface area contributed by atoms with Crippen molar-refractivity contribution in [2.45, 2.75) is 71.6 Å². The predicted octanol–water partition coefficient (Wildman–Crippen LogP) is 2.62. The van der Waals surface area contributed by atoms with E-state index in [1.54, 1.807) is 6.92 Å². The first-order chi connectivity index (χ1) is 18.6. The highest BCUT2D eigenvalue weighted by Crippen LogP contribution is 2.61. The van der Waals surface area contributed by atoms with Crippen molar-refractivity contribution < 1.29 is 29.3 Å². The quantitative estimate of drug-likeness (QED) is 0.349. The Morgan fingerprint density at radius 2 is 2.03 bits per heavy atom. The average Bonchev–Trinajstić information content (AvgIpc) is 3.22. The van der Waals surface area contributed by atoms with Gasteiger partial charge in [-0.1, -0.05) is 32.9 Å². The van der Waals surface area contributed by atoms with E-state index < -0.39 is 24.4 Å². The van der Waals surface area contributed by atoms with Crippen molar-refractivity contribution in [3.8, 4) is 5.75 Å². The fourth-order valence-corrected chi connectivity index (χ4v) is 7.99. The van der Waals surface area contributed by atoms with E-state index >= 15 is 0 Å². The third kappa shape index (κ3) is 5.98. The zero-order valence-electron chi connectivity index (χ0n) is 23.5. The molecule has 2 bridgehead atoms.